The van der Waals surface area contributed by atoms with E-state index in [4.69, 9.17) is 18.9 Å². The van der Waals surface area contributed by atoms with E-state index in [0.29, 0.717) is 28.9 Å². The van der Waals surface area contributed by atoms with Crippen molar-refractivity contribution in [1.82, 2.24) is 4.90 Å². The summed E-state index contributed by atoms with van der Waals surface area (Å²) in [6.07, 6.45) is 3.26. The van der Waals surface area contributed by atoms with Crippen molar-refractivity contribution in [2.45, 2.75) is 76.0 Å². The summed E-state index contributed by atoms with van der Waals surface area (Å²) in [4.78, 5) is 14.8. The lowest BCUT2D eigenvalue weighted by molar-refractivity contribution is -0.256. The van der Waals surface area contributed by atoms with Gasteiger partial charge in [0.25, 0.3) is 0 Å². The third-order valence-electron chi connectivity index (χ3n) is 8.63. The van der Waals surface area contributed by atoms with Crippen LogP contribution in [0.25, 0.3) is 0 Å². The van der Waals surface area contributed by atoms with Gasteiger partial charge in [0.15, 0.2) is 5.76 Å². The molecule has 0 aliphatic carbocycles. The van der Waals surface area contributed by atoms with Gasteiger partial charge >= 0.3 is 5.97 Å². The lowest BCUT2D eigenvalue weighted by atomic mass is 9.69. The van der Waals surface area contributed by atoms with Gasteiger partial charge in [-0.3, -0.25) is 4.90 Å². The monoisotopic (exact) mass is 403 g/mol. The molecule has 6 heterocycles. The average Bonchev–Trinajstić information content (AvgIpc) is 3.40. The first-order chi connectivity index (χ1) is 13.9. The van der Waals surface area contributed by atoms with Crippen molar-refractivity contribution in [2.75, 3.05) is 13.7 Å². The number of esters is 1. The Balaban J connectivity index is 1.46. The maximum Gasteiger partial charge on any atom is 0.343 e. The second kappa shape index (κ2) is 5.56. The van der Waals surface area contributed by atoms with Gasteiger partial charge in [-0.2, -0.15) is 0 Å². The van der Waals surface area contributed by atoms with E-state index in [1.54, 1.807) is 14.0 Å². The van der Waals surface area contributed by atoms with E-state index < -0.39 is 5.79 Å². The number of carbonyl (C=O) groups excluding carboxylic acids is 1. The number of carbonyl (C=O) groups is 1. The molecule has 0 amide bonds. The molecule has 158 valence electrons. The number of aliphatic hydroxyl groups is 1. The number of rotatable bonds is 4. The highest BCUT2D eigenvalue weighted by Gasteiger charge is 2.84. The number of aliphatic hydroxyl groups excluding tert-OH is 1. The fourth-order valence-corrected chi connectivity index (χ4v) is 7.61. The van der Waals surface area contributed by atoms with Crippen LogP contribution in [0.5, 0.6) is 0 Å². The van der Waals surface area contributed by atoms with E-state index in [2.05, 4.69) is 11.8 Å². The number of ether oxygens (including phenoxy) is 4. The van der Waals surface area contributed by atoms with Gasteiger partial charge in [-0.05, 0) is 39.2 Å². The van der Waals surface area contributed by atoms with E-state index in [9.17, 15) is 9.90 Å². The Morgan fingerprint density at radius 3 is 2.93 bits per heavy atom. The molecule has 7 nitrogen and oxygen atoms in total. The fourth-order valence-electron chi connectivity index (χ4n) is 7.61. The molecule has 5 fully saturated rings. The average molecular weight is 403 g/mol. The highest BCUT2D eigenvalue weighted by molar-refractivity contribution is 5.93. The standard InChI is InChI=1S/C22H29NO6/c1-5-12(24)9-21-14-6-7-23(21)13-8-15(21)28-22(14)16(13)10(2)18(29-22)19-17(26-4)11(3)20(25)27-19/h10,12-16,24H,5-9H2,1-4H3/b19-18-/t10-,12-,13-,14+,15-,16+,21?,22+/m0/s1. The molecule has 6 aliphatic rings. The summed E-state index contributed by atoms with van der Waals surface area (Å²) in [6, 6.07) is 0.373. The number of hydrogen-bond acceptors (Lipinski definition) is 7. The van der Waals surface area contributed by atoms with Crippen LogP contribution in [0.3, 0.4) is 0 Å². The molecule has 2 unspecified atom stereocenters. The van der Waals surface area contributed by atoms with Crippen LogP contribution in [0, 0.1) is 17.8 Å². The van der Waals surface area contributed by atoms with Gasteiger partial charge in [0.2, 0.25) is 11.5 Å². The minimum Gasteiger partial charge on any atom is -0.492 e. The highest BCUT2D eigenvalue weighted by Crippen LogP contribution is 2.73. The van der Waals surface area contributed by atoms with Crippen molar-refractivity contribution in [3.63, 3.8) is 0 Å². The van der Waals surface area contributed by atoms with Gasteiger partial charge in [-0.25, -0.2) is 4.79 Å². The van der Waals surface area contributed by atoms with Crippen molar-refractivity contribution in [3.05, 3.63) is 22.9 Å². The maximum atomic E-state index is 12.2. The van der Waals surface area contributed by atoms with Crippen molar-refractivity contribution < 1.29 is 28.8 Å². The first kappa shape index (κ1) is 18.2. The van der Waals surface area contributed by atoms with E-state index in [-0.39, 0.29) is 41.5 Å². The lowest BCUT2D eigenvalue weighted by Gasteiger charge is -2.48. The minimum absolute atomic E-state index is 0.0649. The Morgan fingerprint density at radius 1 is 1.41 bits per heavy atom. The Kier molecular flexibility index (Phi) is 3.49. The zero-order chi connectivity index (χ0) is 20.3. The molecule has 1 N–H and O–H groups in total. The molecule has 0 aromatic carbocycles. The van der Waals surface area contributed by atoms with Crippen LogP contribution in [-0.2, 0) is 23.7 Å². The topological polar surface area (TPSA) is 77.5 Å². The van der Waals surface area contributed by atoms with Gasteiger partial charge in [-0.1, -0.05) is 13.8 Å². The minimum atomic E-state index is -0.683. The van der Waals surface area contributed by atoms with E-state index in [0.717, 1.165) is 32.2 Å². The summed E-state index contributed by atoms with van der Waals surface area (Å²) in [7, 11) is 1.56. The molecule has 5 saturated heterocycles. The summed E-state index contributed by atoms with van der Waals surface area (Å²) in [5.74, 6) is 0.990. The smallest absolute Gasteiger partial charge is 0.343 e. The summed E-state index contributed by atoms with van der Waals surface area (Å²) >= 11 is 0. The second-order valence-corrected chi connectivity index (χ2v) is 9.58. The lowest BCUT2D eigenvalue weighted by Crippen LogP contribution is -2.61. The summed E-state index contributed by atoms with van der Waals surface area (Å²) in [5.41, 5.74) is 0.346. The third-order valence-corrected chi connectivity index (χ3v) is 8.63. The maximum absolute atomic E-state index is 12.2. The third kappa shape index (κ3) is 1.85. The largest absolute Gasteiger partial charge is 0.492 e. The molecule has 9 atom stereocenters. The molecule has 5 bridgehead atoms. The van der Waals surface area contributed by atoms with Gasteiger partial charge in [0.1, 0.15) is 5.76 Å². The van der Waals surface area contributed by atoms with Crippen LogP contribution in [0.4, 0.5) is 0 Å². The Bertz CT molecular complexity index is 865. The van der Waals surface area contributed by atoms with Crippen LogP contribution in [0.1, 0.15) is 46.5 Å². The zero-order valence-electron chi connectivity index (χ0n) is 17.4. The number of cyclic esters (lactones) is 1. The summed E-state index contributed by atoms with van der Waals surface area (Å²) < 4.78 is 24.5. The second-order valence-electron chi connectivity index (χ2n) is 9.58. The molecular formula is C22H29NO6. The van der Waals surface area contributed by atoms with Crippen molar-refractivity contribution in [3.8, 4) is 0 Å². The summed E-state index contributed by atoms with van der Waals surface area (Å²) in [5, 5.41) is 10.6. The SMILES string of the molecule is CC[C@H](O)CC12[C@@H]3C[C@H]4[C@H]5[C@H](C)/C(=C6/OC(=O)C(C)=C6OC)O[C@]5(O3)[C@@H]1CCN42. The van der Waals surface area contributed by atoms with Crippen molar-refractivity contribution >= 4 is 5.97 Å². The molecule has 6 rings (SSSR count). The Hall–Kier alpha value is -1.57. The molecule has 0 saturated carbocycles. The van der Waals surface area contributed by atoms with Gasteiger partial charge in [0.05, 0.1) is 36.3 Å². The predicted octanol–water partition coefficient (Wildman–Crippen LogP) is 2.06. The predicted molar refractivity (Wildman–Crippen MR) is 101 cm³/mol. The summed E-state index contributed by atoms with van der Waals surface area (Å²) in [6.45, 7) is 6.95. The number of allylic oxidation sites excluding steroid dienone is 1. The van der Waals surface area contributed by atoms with Crippen LogP contribution >= 0.6 is 0 Å². The molecule has 7 heteroatoms. The molecule has 0 aromatic rings. The normalized spacial score (nSPS) is 52.2. The van der Waals surface area contributed by atoms with E-state index in [1.165, 1.54) is 0 Å². The molecule has 6 aliphatic heterocycles. The Labute approximate surface area is 170 Å². The first-order valence-corrected chi connectivity index (χ1v) is 10.9. The van der Waals surface area contributed by atoms with Crippen LogP contribution in [-0.4, -0.2) is 59.2 Å². The number of piperidine rings is 1. The van der Waals surface area contributed by atoms with Crippen molar-refractivity contribution in [1.29, 1.82) is 0 Å². The van der Waals surface area contributed by atoms with Crippen LogP contribution in [0.2, 0.25) is 0 Å². The number of fused-ring (bicyclic) bond motifs is 1. The van der Waals surface area contributed by atoms with E-state index in [1.807, 2.05) is 6.92 Å². The van der Waals surface area contributed by atoms with Crippen LogP contribution in [0.15, 0.2) is 22.9 Å². The number of methoxy groups -OCH3 is 1. The van der Waals surface area contributed by atoms with Crippen molar-refractivity contribution in [2.24, 2.45) is 17.8 Å². The van der Waals surface area contributed by atoms with E-state index >= 15 is 0 Å². The number of hydrogen-bond donors (Lipinski definition) is 1. The van der Waals surface area contributed by atoms with Gasteiger partial charge in [0, 0.05) is 17.9 Å². The number of nitrogens with zero attached hydrogens (tertiary/aromatic N) is 1. The fraction of sp³-hybridized carbons (Fsp3) is 0.773. The van der Waals surface area contributed by atoms with Gasteiger partial charge < -0.3 is 24.1 Å². The first-order valence-electron chi connectivity index (χ1n) is 10.9. The van der Waals surface area contributed by atoms with Crippen LogP contribution < -0.4 is 0 Å². The van der Waals surface area contributed by atoms with Gasteiger partial charge in [-0.15, -0.1) is 0 Å². The molecule has 0 aromatic heterocycles. The zero-order valence-corrected chi connectivity index (χ0v) is 17.4. The molecule has 0 radical (unpaired) electrons. The quantitative estimate of drug-likeness (QED) is 0.720. The Morgan fingerprint density at radius 2 is 2.21 bits per heavy atom. The highest BCUT2D eigenvalue weighted by atomic mass is 16.7. The molecular weight excluding hydrogens is 374 g/mol. The molecule has 1 spiro atoms. The molecule has 29 heavy (non-hydrogen) atoms.